The van der Waals surface area contributed by atoms with Gasteiger partial charge in [-0.2, -0.15) is 0 Å². The van der Waals surface area contributed by atoms with Gasteiger partial charge in [0.15, 0.2) is 0 Å². The van der Waals surface area contributed by atoms with Crippen molar-refractivity contribution in [1.29, 1.82) is 0 Å². The number of β-amino-alcohol motifs (C(OH)–C–C–N with tert-alkyl or cyclic N) is 1. The third-order valence-electron chi connectivity index (χ3n) is 4.64. The second-order valence-electron chi connectivity index (χ2n) is 6.09. The fourth-order valence-corrected chi connectivity index (χ4v) is 4.52. The Balaban J connectivity index is 1.67. The molecule has 1 aromatic heterocycles. The lowest BCUT2D eigenvalue weighted by Gasteiger charge is -2.38. The molecule has 4 nitrogen and oxygen atoms in total. The maximum atomic E-state index is 12.7. The summed E-state index contributed by atoms with van der Waals surface area (Å²) < 4.78 is 0. The van der Waals surface area contributed by atoms with E-state index in [-0.39, 0.29) is 18.1 Å². The zero-order valence-electron chi connectivity index (χ0n) is 12.6. The number of aliphatic hydroxyl groups is 1. The topological polar surface area (TPSA) is 43.8 Å². The van der Waals surface area contributed by atoms with Crippen LogP contribution in [0.5, 0.6) is 0 Å². The van der Waals surface area contributed by atoms with Crippen LogP contribution in [-0.2, 0) is 11.2 Å². The number of likely N-dealkylation sites (tertiary alicyclic amines) is 1. The zero-order valence-corrected chi connectivity index (χ0v) is 13.4. The molecule has 1 aromatic rings. The van der Waals surface area contributed by atoms with Crippen molar-refractivity contribution in [1.82, 2.24) is 9.80 Å². The second-order valence-corrected chi connectivity index (χ2v) is 7.09. The van der Waals surface area contributed by atoms with Gasteiger partial charge in [0.2, 0.25) is 5.91 Å². The summed E-state index contributed by atoms with van der Waals surface area (Å²) in [5, 5.41) is 11.9. The monoisotopic (exact) mass is 308 g/mol. The van der Waals surface area contributed by atoms with Crippen LogP contribution < -0.4 is 0 Å². The van der Waals surface area contributed by atoms with E-state index in [2.05, 4.69) is 28.2 Å². The number of amides is 1. The standard InChI is InChI=1S/C16H24N2O2S/c1-2-14-13-6-9-21-15(13)5-8-18(14)16(20)11-17-7-3-4-12(19)10-17/h6,9,12,14,19H,2-5,7-8,10-11H2,1H3. The number of aliphatic hydroxyl groups excluding tert-OH is 1. The number of hydrogen-bond acceptors (Lipinski definition) is 4. The highest BCUT2D eigenvalue weighted by atomic mass is 32.1. The maximum Gasteiger partial charge on any atom is 0.237 e. The Labute approximate surface area is 130 Å². The van der Waals surface area contributed by atoms with E-state index >= 15 is 0 Å². The highest BCUT2D eigenvalue weighted by Crippen LogP contribution is 2.35. The van der Waals surface area contributed by atoms with Crippen molar-refractivity contribution in [3.63, 3.8) is 0 Å². The normalized spacial score (nSPS) is 26.7. The van der Waals surface area contributed by atoms with Crippen LogP contribution in [0.1, 0.15) is 42.7 Å². The summed E-state index contributed by atoms with van der Waals surface area (Å²) in [5.74, 6) is 0.216. The van der Waals surface area contributed by atoms with Crippen LogP contribution in [0.4, 0.5) is 0 Å². The third kappa shape index (κ3) is 3.15. The first-order valence-corrected chi connectivity index (χ1v) is 8.83. The molecular weight excluding hydrogens is 284 g/mol. The molecule has 1 saturated heterocycles. The summed E-state index contributed by atoms with van der Waals surface area (Å²) >= 11 is 1.81. The van der Waals surface area contributed by atoms with E-state index in [4.69, 9.17) is 0 Å². The number of thiophene rings is 1. The van der Waals surface area contributed by atoms with E-state index in [1.165, 1.54) is 10.4 Å². The van der Waals surface area contributed by atoms with Crippen LogP contribution in [0.25, 0.3) is 0 Å². The van der Waals surface area contributed by atoms with Crippen molar-refractivity contribution in [3.05, 3.63) is 21.9 Å². The molecule has 0 radical (unpaired) electrons. The van der Waals surface area contributed by atoms with Crippen LogP contribution in [0.3, 0.4) is 0 Å². The summed E-state index contributed by atoms with van der Waals surface area (Å²) in [6, 6.07) is 2.42. The molecule has 0 aromatic carbocycles. The molecular formula is C16H24N2O2S. The quantitative estimate of drug-likeness (QED) is 0.929. The fourth-order valence-electron chi connectivity index (χ4n) is 3.59. The van der Waals surface area contributed by atoms with Crippen molar-refractivity contribution >= 4 is 17.2 Å². The van der Waals surface area contributed by atoms with Gasteiger partial charge in [-0.05, 0) is 49.2 Å². The largest absolute Gasteiger partial charge is 0.392 e. The summed E-state index contributed by atoms with van der Waals surface area (Å²) in [5.41, 5.74) is 1.35. The highest BCUT2D eigenvalue weighted by molar-refractivity contribution is 7.10. The Kier molecular flexibility index (Phi) is 4.62. The van der Waals surface area contributed by atoms with Gasteiger partial charge in [0.05, 0.1) is 18.7 Å². The molecule has 1 amide bonds. The molecule has 2 aliphatic heterocycles. The molecule has 2 atom stereocenters. The van der Waals surface area contributed by atoms with Crippen LogP contribution >= 0.6 is 11.3 Å². The minimum atomic E-state index is -0.265. The minimum Gasteiger partial charge on any atom is -0.392 e. The van der Waals surface area contributed by atoms with E-state index in [0.717, 1.165) is 38.8 Å². The number of piperidine rings is 1. The number of fused-ring (bicyclic) bond motifs is 1. The van der Waals surface area contributed by atoms with Gasteiger partial charge in [-0.15, -0.1) is 11.3 Å². The smallest absolute Gasteiger partial charge is 0.237 e. The molecule has 1 fully saturated rings. The summed E-state index contributed by atoms with van der Waals surface area (Å²) in [7, 11) is 0. The average molecular weight is 308 g/mol. The minimum absolute atomic E-state index is 0.216. The van der Waals surface area contributed by atoms with Gasteiger partial charge < -0.3 is 10.0 Å². The SMILES string of the molecule is CCC1c2ccsc2CCN1C(=O)CN1CCCC(O)C1. The molecule has 1 N–H and O–H groups in total. The summed E-state index contributed by atoms with van der Waals surface area (Å²) in [4.78, 5) is 18.3. The van der Waals surface area contributed by atoms with Gasteiger partial charge in [-0.25, -0.2) is 0 Å². The Morgan fingerprint density at radius 3 is 3.10 bits per heavy atom. The van der Waals surface area contributed by atoms with E-state index < -0.39 is 0 Å². The number of carbonyl (C=O) groups excluding carboxylic acids is 1. The molecule has 116 valence electrons. The van der Waals surface area contributed by atoms with Gasteiger partial charge >= 0.3 is 0 Å². The molecule has 3 rings (SSSR count). The third-order valence-corrected chi connectivity index (χ3v) is 5.64. The Morgan fingerprint density at radius 2 is 2.33 bits per heavy atom. The zero-order chi connectivity index (χ0) is 14.8. The fraction of sp³-hybridized carbons (Fsp3) is 0.688. The first-order valence-electron chi connectivity index (χ1n) is 7.95. The van der Waals surface area contributed by atoms with Crippen molar-refractivity contribution in [2.75, 3.05) is 26.2 Å². The number of hydrogen-bond donors (Lipinski definition) is 1. The first-order chi connectivity index (χ1) is 10.2. The van der Waals surface area contributed by atoms with Crippen LogP contribution in [0.2, 0.25) is 0 Å². The molecule has 5 heteroatoms. The lowest BCUT2D eigenvalue weighted by atomic mass is 9.97. The van der Waals surface area contributed by atoms with Crippen molar-refractivity contribution < 1.29 is 9.90 Å². The Morgan fingerprint density at radius 1 is 1.48 bits per heavy atom. The lowest BCUT2D eigenvalue weighted by molar-refractivity contribution is -0.136. The number of nitrogens with zero attached hydrogens (tertiary/aromatic N) is 2. The number of carbonyl (C=O) groups is 1. The Hall–Kier alpha value is -0.910. The molecule has 0 aliphatic carbocycles. The van der Waals surface area contributed by atoms with Gasteiger partial charge in [0, 0.05) is 18.0 Å². The van der Waals surface area contributed by atoms with Crippen LogP contribution in [0, 0.1) is 0 Å². The predicted octanol–water partition coefficient (Wildman–Crippen LogP) is 2.04. The average Bonchev–Trinajstić information content (AvgIpc) is 2.94. The van der Waals surface area contributed by atoms with Gasteiger partial charge in [0.25, 0.3) is 0 Å². The molecule has 2 aliphatic rings. The Bertz CT molecular complexity index is 502. The van der Waals surface area contributed by atoms with E-state index in [1.807, 2.05) is 11.3 Å². The lowest BCUT2D eigenvalue weighted by Crippen LogP contribution is -2.48. The van der Waals surface area contributed by atoms with Gasteiger partial charge in [-0.1, -0.05) is 6.92 Å². The van der Waals surface area contributed by atoms with Crippen molar-refractivity contribution in [2.45, 2.75) is 44.8 Å². The van der Waals surface area contributed by atoms with Crippen molar-refractivity contribution in [2.24, 2.45) is 0 Å². The van der Waals surface area contributed by atoms with Crippen molar-refractivity contribution in [3.8, 4) is 0 Å². The summed E-state index contributed by atoms with van der Waals surface area (Å²) in [6.45, 7) is 5.01. The first kappa shape index (κ1) is 15.0. The van der Waals surface area contributed by atoms with Crippen LogP contribution in [0.15, 0.2) is 11.4 Å². The molecule has 2 unspecified atom stereocenters. The molecule has 0 spiro atoms. The van der Waals surface area contributed by atoms with E-state index in [1.54, 1.807) is 0 Å². The summed E-state index contributed by atoms with van der Waals surface area (Å²) in [6.07, 6.45) is 3.54. The van der Waals surface area contributed by atoms with E-state index in [0.29, 0.717) is 13.1 Å². The highest BCUT2D eigenvalue weighted by Gasteiger charge is 2.31. The second kappa shape index (κ2) is 6.46. The maximum absolute atomic E-state index is 12.7. The molecule has 21 heavy (non-hydrogen) atoms. The molecule has 3 heterocycles. The number of rotatable bonds is 3. The van der Waals surface area contributed by atoms with E-state index in [9.17, 15) is 9.90 Å². The predicted molar refractivity (Wildman–Crippen MR) is 84.4 cm³/mol. The van der Waals surface area contributed by atoms with Crippen LogP contribution in [-0.4, -0.2) is 53.1 Å². The molecule has 0 saturated carbocycles. The molecule has 0 bridgehead atoms. The van der Waals surface area contributed by atoms with Gasteiger partial charge in [-0.3, -0.25) is 9.69 Å². The van der Waals surface area contributed by atoms with Gasteiger partial charge in [0.1, 0.15) is 0 Å².